The summed E-state index contributed by atoms with van der Waals surface area (Å²) in [4.78, 5) is 34.1. The molecule has 0 spiro atoms. The molecule has 0 amide bonds. The molecule has 0 aliphatic heterocycles. The van der Waals surface area contributed by atoms with Crippen LogP contribution in [0.5, 0.6) is 0 Å². The zero-order valence-electron chi connectivity index (χ0n) is 30.9. The van der Waals surface area contributed by atoms with E-state index in [2.05, 4.69) is 110 Å². The summed E-state index contributed by atoms with van der Waals surface area (Å²) in [6.07, 6.45) is 7.27. The smallest absolute Gasteiger partial charge is 0.164 e. The van der Waals surface area contributed by atoms with Crippen LogP contribution in [0.3, 0.4) is 0 Å². The van der Waals surface area contributed by atoms with Crippen molar-refractivity contribution in [1.29, 1.82) is 0 Å². The number of nitrogens with zero attached hydrogens (tertiary/aromatic N) is 9. The quantitative estimate of drug-likeness (QED) is 0.160. The SMILES string of the molecule is c1cncc(-n2c(-c3ccc(-c4nc(-c5ccc(-c6nc7ccccc7n6-c6cccnc6)cc5)nc(-c5ccc6ccccc6c5)n4)cc3)nc3ccccc32)c1. The van der Waals surface area contributed by atoms with E-state index in [1.807, 2.05) is 85.2 Å². The number of imidazole rings is 2. The highest BCUT2D eigenvalue weighted by Gasteiger charge is 2.18. The summed E-state index contributed by atoms with van der Waals surface area (Å²) in [5.74, 6) is 3.39. The van der Waals surface area contributed by atoms with E-state index in [0.717, 1.165) is 83.7 Å². The van der Waals surface area contributed by atoms with Gasteiger partial charge in [-0.1, -0.05) is 109 Å². The Bertz CT molecular complexity index is 3090. The highest BCUT2D eigenvalue weighted by atomic mass is 15.1. The van der Waals surface area contributed by atoms with E-state index in [1.54, 1.807) is 12.4 Å². The molecule has 5 heterocycles. The second-order valence-electron chi connectivity index (χ2n) is 14.0. The molecule has 0 unspecified atom stereocenters. The molecule has 0 atom stereocenters. The molecule has 0 aliphatic carbocycles. The van der Waals surface area contributed by atoms with Crippen LogP contribution in [-0.2, 0) is 0 Å². The van der Waals surface area contributed by atoms with E-state index in [-0.39, 0.29) is 0 Å². The predicted octanol–water partition coefficient (Wildman–Crippen LogP) is 10.8. The molecule has 9 heteroatoms. The summed E-state index contributed by atoms with van der Waals surface area (Å²) < 4.78 is 4.29. The lowest BCUT2D eigenvalue weighted by Crippen LogP contribution is -2.01. The van der Waals surface area contributed by atoms with Gasteiger partial charge in [0.05, 0.1) is 45.8 Å². The predicted molar refractivity (Wildman–Crippen MR) is 229 cm³/mol. The fourth-order valence-electron chi connectivity index (χ4n) is 7.56. The van der Waals surface area contributed by atoms with Gasteiger partial charge in [0, 0.05) is 40.2 Å². The Hall–Kier alpha value is -8.17. The van der Waals surface area contributed by atoms with E-state index in [4.69, 9.17) is 24.9 Å². The van der Waals surface area contributed by atoms with Crippen molar-refractivity contribution >= 4 is 32.8 Å². The van der Waals surface area contributed by atoms with Gasteiger partial charge in [-0.2, -0.15) is 0 Å². The minimum absolute atomic E-state index is 0.572. The molecule has 5 aromatic heterocycles. The summed E-state index contributed by atoms with van der Waals surface area (Å²) >= 11 is 0. The van der Waals surface area contributed by atoms with Crippen LogP contribution in [-0.4, -0.2) is 44.0 Å². The van der Waals surface area contributed by atoms with Crippen LogP contribution >= 0.6 is 0 Å². The Labute approximate surface area is 332 Å². The standard InChI is InChI=1S/C49H31N9/c1-2-10-37-29-38(26-17-32(37)9-1)47-55-45(33-18-22-35(23-19-33)48-52-41-13-3-5-15-43(41)57(48)39-11-7-27-50-30-39)54-46(56-47)34-20-24-36(25-21-34)49-53-42-14-4-6-16-44(42)58(49)40-12-8-28-51-31-40/h1-31H. The van der Waals surface area contributed by atoms with Gasteiger partial charge in [0.1, 0.15) is 11.6 Å². The molecule has 0 radical (unpaired) electrons. The molecular weight excluding hydrogens is 715 g/mol. The summed E-state index contributed by atoms with van der Waals surface area (Å²) in [6.45, 7) is 0. The van der Waals surface area contributed by atoms with Crippen LogP contribution in [0.25, 0.3) is 101 Å². The van der Waals surface area contributed by atoms with Gasteiger partial charge < -0.3 is 0 Å². The van der Waals surface area contributed by atoms with E-state index >= 15 is 0 Å². The van der Waals surface area contributed by atoms with Gasteiger partial charge in [0.2, 0.25) is 0 Å². The second kappa shape index (κ2) is 13.8. The van der Waals surface area contributed by atoms with Gasteiger partial charge in [-0.05, 0) is 65.4 Å². The number of rotatable bonds is 7. The molecule has 0 N–H and O–H groups in total. The molecule has 272 valence electrons. The first-order valence-corrected chi connectivity index (χ1v) is 19.0. The lowest BCUT2D eigenvalue weighted by Gasteiger charge is -2.12. The average Bonchev–Trinajstić information content (AvgIpc) is 3.89. The van der Waals surface area contributed by atoms with E-state index in [0.29, 0.717) is 17.5 Å². The fourth-order valence-corrected chi connectivity index (χ4v) is 7.56. The number of aromatic nitrogens is 9. The Morgan fingerprint density at radius 3 is 1.26 bits per heavy atom. The van der Waals surface area contributed by atoms with Crippen molar-refractivity contribution in [2.75, 3.05) is 0 Å². The van der Waals surface area contributed by atoms with Gasteiger partial charge in [-0.15, -0.1) is 0 Å². The normalized spacial score (nSPS) is 11.4. The number of hydrogen-bond donors (Lipinski definition) is 0. The van der Waals surface area contributed by atoms with Crippen LogP contribution in [0.2, 0.25) is 0 Å². The second-order valence-corrected chi connectivity index (χ2v) is 14.0. The van der Waals surface area contributed by atoms with Gasteiger partial charge in [0.25, 0.3) is 0 Å². The molecule has 0 fully saturated rings. The largest absolute Gasteiger partial charge is 0.291 e. The monoisotopic (exact) mass is 745 g/mol. The van der Waals surface area contributed by atoms with E-state index < -0.39 is 0 Å². The Morgan fingerprint density at radius 2 is 0.759 bits per heavy atom. The Kier molecular flexibility index (Phi) is 7.92. The number of benzene rings is 6. The van der Waals surface area contributed by atoms with Crippen LogP contribution in [0.4, 0.5) is 0 Å². The van der Waals surface area contributed by atoms with Crippen LogP contribution < -0.4 is 0 Å². The summed E-state index contributed by atoms with van der Waals surface area (Å²) in [6, 6.07) is 55.4. The summed E-state index contributed by atoms with van der Waals surface area (Å²) in [5.41, 5.74) is 10.3. The van der Waals surface area contributed by atoms with Crippen molar-refractivity contribution in [3.63, 3.8) is 0 Å². The molecular formula is C49H31N9. The molecule has 0 bridgehead atoms. The van der Waals surface area contributed by atoms with Crippen molar-refractivity contribution in [3.05, 3.63) is 189 Å². The highest BCUT2D eigenvalue weighted by molar-refractivity contribution is 5.87. The van der Waals surface area contributed by atoms with Crippen LogP contribution in [0.1, 0.15) is 0 Å². The van der Waals surface area contributed by atoms with Crippen molar-refractivity contribution in [2.45, 2.75) is 0 Å². The Morgan fingerprint density at radius 1 is 0.328 bits per heavy atom. The number of hydrogen-bond acceptors (Lipinski definition) is 7. The van der Waals surface area contributed by atoms with Crippen molar-refractivity contribution in [3.8, 4) is 68.3 Å². The van der Waals surface area contributed by atoms with Crippen molar-refractivity contribution in [1.82, 2.24) is 44.0 Å². The van der Waals surface area contributed by atoms with Gasteiger partial charge in [-0.3, -0.25) is 19.1 Å². The van der Waals surface area contributed by atoms with Gasteiger partial charge in [0.15, 0.2) is 17.5 Å². The molecule has 0 saturated carbocycles. The molecule has 58 heavy (non-hydrogen) atoms. The number of fused-ring (bicyclic) bond motifs is 3. The summed E-state index contributed by atoms with van der Waals surface area (Å²) in [5, 5.41) is 2.27. The van der Waals surface area contributed by atoms with Crippen LogP contribution in [0.15, 0.2) is 189 Å². The van der Waals surface area contributed by atoms with Gasteiger partial charge >= 0.3 is 0 Å². The highest BCUT2D eigenvalue weighted by Crippen LogP contribution is 2.33. The maximum Gasteiger partial charge on any atom is 0.164 e. The zero-order chi connectivity index (χ0) is 38.4. The molecule has 0 aliphatic rings. The van der Waals surface area contributed by atoms with Crippen molar-refractivity contribution in [2.24, 2.45) is 0 Å². The maximum atomic E-state index is 5.09. The van der Waals surface area contributed by atoms with Crippen molar-refractivity contribution < 1.29 is 0 Å². The minimum Gasteiger partial charge on any atom is -0.291 e. The molecule has 0 saturated heterocycles. The lowest BCUT2D eigenvalue weighted by molar-refractivity contribution is 1.07. The molecule has 11 rings (SSSR count). The van der Waals surface area contributed by atoms with Crippen LogP contribution in [0, 0.1) is 0 Å². The van der Waals surface area contributed by atoms with E-state index in [9.17, 15) is 0 Å². The third-order valence-corrected chi connectivity index (χ3v) is 10.4. The third kappa shape index (κ3) is 5.86. The van der Waals surface area contributed by atoms with E-state index in [1.165, 1.54) is 0 Å². The fraction of sp³-hybridized carbons (Fsp3) is 0. The summed E-state index contributed by atoms with van der Waals surface area (Å²) in [7, 11) is 0. The molecule has 6 aromatic carbocycles. The minimum atomic E-state index is 0.572. The number of pyridine rings is 2. The third-order valence-electron chi connectivity index (χ3n) is 10.4. The Balaban J connectivity index is 1.01. The van der Waals surface area contributed by atoms with Gasteiger partial charge in [-0.25, -0.2) is 24.9 Å². The zero-order valence-corrected chi connectivity index (χ0v) is 30.9. The molecule has 11 aromatic rings. The number of para-hydroxylation sites is 4. The average molecular weight is 746 g/mol. The molecule has 9 nitrogen and oxygen atoms in total. The lowest BCUT2D eigenvalue weighted by atomic mass is 10.1. The first kappa shape index (κ1) is 33.2. The topological polar surface area (TPSA) is 100 Å². The first-order valence-electron chi connectivity index (χ1n) is 19.0. The first-order chi connectivity index (χ1) is 28.7. The maximum absolute atomic E-state index is 5.09.